The van der Waals surface area contributed by atoms with E-state index < -0.39 is 46.4 Å². The van der Waals surface area contributed by atoms with E-state index >= 15 is 0 Å². The maximum atomic E-state index is 13.0. The van der Waals surface area contributed by atoms with Crippen molar-refractivity contribution in [3.63, 3.8) is 0 Å². The van der Waals surface area contributed by atoms with Crippen LogP contribution < -0.4 is 5.32 Å². The molecule has 2 unspecified atom stereocenters. The third-order valence-corrected chi connectivity index (χ3v) is 6.89. The van der Waals surface area contributed by atoms with Gasteiger partial charge in [0.2, 0.25) is 11.8 Å². The van der Waals surface area contributed by atoms with Gasteiger partial charge in [0.25, 0.3) is 11.8 Å². The Kier molecular flexibility index (Phi) is 7.32. The minimum atomic E-state index is -1.50. The molecule has 1 aromatic carbocycles. The van der Waals surface area contributed by atoms with Crippen LogP contribution in [0.15, 0.2) is 23.1 Å². The second-order valence-electron chi connectivity index (χ2n) is 7.59. The van der Waals surface area contributed by atoms with Gasteiger partial charge in [-0.3, -0.25) is 38.4 Å². The zero-order chi connectivity index (χ0) is 22.5. The van der Waals surface area contributed by atoms with Crippen LogP contribution in [0.2, 0.25) is 0 Å². The van der Waals surface area contributed by atoms with E-state index in [1.807, 2.05) is 0 Å². The molecule has 10 heteroatoms. The van der Waals surface area contributed by atoms with E-state index in [-0.39, 0.29) is 35.3 Å². The molecule has 2 N–H and O–H groups in total. The molecule has 4 amide bonds. The van der Waals surface area contributed by atoms with E-state index in [2.05, 4.69) is 5.32 Å². The molecule has 1 saturated heterocycles. The predicted molar refractivity (Wildman–Crippen MR) is 110 cm³/mol. The highest BCUT2D eigenvalue weighted by Gasteiger charge is 2.45. The largest absolute Gasteiger partial charge is 0.481 e. The molecule has 31 heavy (non-hydrogen) atoms. The van der Waals surface area contributed by atoms with Crippen LogP contribution in [-0.2, 0) is 25.2 Å². The van der Waals surface area contributed by atoms with Crippen molar-refractivity contribution < 1.29 is 33.3 Å². The maximum absolute atomic E-state index is 13.0. The number of aliphatic carboxylic acids is 1. The van der Waals surface area contributed by atoms with Crippen molar-refractivity contribution in [3.8, 4) is 0 Å². The summed E-state index contributed by atoms with van der Waals surface area (Å²) in [5, 5.41) is 10.8. The van der Waals surface area contributed by atoms with Crippen molar-refractivity contribution in [2.75, 3.05) is 5.75 Å². The number of carboxylic acid groups (broad SMARTS) is 1. The standard InChI is InChI=1S/C21H24N2O7S/c24-16-11-10-14(19(27)22-16)23-20(28)13-7-6-8-15(18(13)21(23)29)31(30)12-5-3-1-2-4-9-17(25)26/h6-8,14H,1-5,9-12H2,(H,25,26)(H,22,24,27). The Labute approximate surface area is 181 Å². The summed E-state index contributed by atoms with van der Waals surface area (Å²) in [6.45, 7) is 0. The van der Waals surface area contributed by atoms with Crippen molar-refractivity contribution in [1.29, 1.82) is 0 Å². The lowest BCUT2D eigenvalue weighted by molar-refractivity contribution is -0.138. The van der Waals surface area contributed by atoms with Gasteiger partial charge < -0.3 is 5.11 Å². The number of carboxylic acids is 1. The molecule has 1 aromatic rings. The number of unbranched alkanes of at least 4 members (excludes halogenated alkanes) is 4. The van der Waals surface area contributed by atoms with Crippen molar-refractivity contribution in [2.45, 2.75) is 62.3 Å². The molecule has 0 radical (unpaired) electrons. The molecular weight excluding hydrogens is 424 g/mol. The van der Waals surface area contributed by atoms with E-state index in [1.54, 1.807) is 12.1 Å². The van der Waals surface area contributed by atoms with Crippen LogP contribution in [0, 0.1) is 0 Å². The van der Waals surface area contributed by atoms with Crippen molar-refractivity contribution in [2.24, 2.45) is 0 Å². The topological polar surface area (TPSA) is 138 Å². The zero-order valence-electron chi connectivity index (χ0n) is 16.9. The van der Waals surface area contributed by atoms with Crippen LogP contribution in [0.5, 0.6) is 0 Å². The molecule has 0 aromatic heterocycles. The number of imide groups is 2. The van der Waals surface area contributed by atoms with Gasteiger partial charge in [-0.25, -0.2) is 0 Å². The van der Waals surface area contributed by atoms with Gasteiger partial charge in [-0.15, -0.1) is 0 Å². The second kappa shape index (κ2) is 9.95. The Morgan fingerprint density at radius 2 is 1.77 bits per heavy atom. The summed E-state index contributed by atoms with van der Waals surface area (Å²) in [5.41, 5.74) is 0.186. The average Bonchev–Trinajstić information content (AvgIpc) is 2.98. The molecule has 166 valence electrons. The third-order valence-electron chi connectivity index (χ3n) is 5.40. The average molecular weight is 448 g/mol. The summed E-state index contributed by atoms with van der Waals surface area (Å²) < 4.78 is 12.9. The number of hydrogen-bond donors (Lipinski definition) is 2. The van der Waals surface area contributed by atoms with Crippen LogP contribution in [0.25, 0.3) is 0 Å². The number of nitrogens with zero attached hydrogens (tertiary/aromatic N) is 1. The van der Waals surface area contributed by atoms with E-state index in [4.69, 9.17) is 5.11 Å². The van der Waals surface area contributed by atoms with Crippen LogP contribution in [0.1, 0.15) is 72.1 Å². The number of carbonyl (C=O) groups is 5. The first kappa shape index (κ1) is 22.8. The lowest BCUT2D eigenvalue weighted by Crippen LogP contribution is -2.54. The number of nitrogens with one attached hydrogen (secondary N) is 1. The van der Waals surface area contributed by atoms with E-state index in [9.17, 15) is 28.2 Å². The first-order valence-electron chi connectivity index (χ1n) is 10.3. The summed E-state index contributed by atoms with van der Waals surface area (Å²) in [6.07, 6.45) is 3.90. The number of fused-ring (bicyclic) bond motifs is 1. The third kappa shape index (κ3) is 5.07. The minimum absolute atomic E-state index is 0.0368. The Balaban J connectivity index is 1.65. The van der Waals surface area contributed by atoms with Gasteiger partial charge in [-0.1, -0.05) is 25.3 Å². The van der Waals surface area contributed by atoms with Crippen LogP contribution in [-0.4, -0.2) is 55.6 Å². The lowest BCUT2D eigenvalue weighted by Gasteiger charge is -2.27. The van der Waals surface area contributed by atoms with E-state index in [0.29, 0.717) is 18.6 Å². The number of rotatable bonds is 10. The molecule has 2 aliphatic rings. The number of carbonyl (C=O) groups excluding carboxylic acids is 4. The van der Waals surface area contributed by atoms with Gasteiger partial charge in [0.1, 0.15) is 6.04 Å². The smallest absolute Gasteiger partial charge is 0.303 e. The maximum Gasteiger partial charge on any atom is 0.303 e. The van der Waals surface area contributed by atoms with Crippen molar-refractivity contribution in [1.82, 2.24) is 10.2 Å². The van der Waals surface area contributed by atoms with Gasteiger partial charge in [0.15, 0.2) is 0 Å². The molecule has 0 aliphatic carbocycles. The summed E-state index contributed by atoms with van der Waals surface area (Å²) in [4.78, 5) is 61.0. The molecule has 0 bridgehead atoms. The fourth-order valence-corrected chi connectivity index (χ4v) is 5.16. The molecule has 1 fully saturated rings. The Morgan fingerprint density at radius 3 is 2.48 bits per heavy atom. The van der Waals surface area contributed by atoms with Gasteiger partial charge in [-0.2, -0.15) is 0 Å². The Morgan fingerprint density at radius 1 is 1.06 bits per heavy atom. The zero-order valence-corrected chi connectivity index (χ0v) is 17.7. The first-order chi connectivity index (χ1) is 14.8. The minimum Gasteiger partial charge on any atom is -0.481 e. The summed E-state index contributed by atoms with van der Waals surface area (Å²) in [5.74, 6) is -2.91. The molecular formula is C21H24N2O7S. The van der Waals surface area contributed by atoms with Crippen LogP contribution in [0.3, 0.4) is 0 Å². The van der Waals surface area contributed by atoms with E-state index in [0.717, 1.165) is 24.2 Å². The van der Waals surface area contributed by atoms with Crippen LogP contribution >= 0.6 is 0 Å². The molecule has 3 rings (SSSR count). The number of hydrogen-bond acceptors (Lipinski definition) is 6. The Hall–Kier alpha value is -2.88. The van der Waals surface area contributed by atoms with E-state index in [1.165, 1.54) is 6.07 Å². The van der Waals surface area contributed by atoms with Crippen molar-refractivity contribution in [3.05, 3.63) is 29.3 Å². The lowest BCUT2D eigenvalue weighted by atomic mass is 10.0. The van der Waals surface area contributed by atoms with Crippen molar-refractivity contribution >= 4 is 40.4 Å². The predicted octanol–water partition coefficient (Wildman–Crippen LogP) is 1.62. The highest BCUT2D eigenvalue weighted by atomic mass is 32.2. The molecule has 0 spiro atoms. The second-order valence-corrected chi connectivity index (χ2v) is 9.13. The van der Waals surface area contributed by atoms with Gasteiger partial charge in [0.05, 0.1) is 26.8 Å². The quantitative estimate of drug-likeness (QED) is 0.410. The van der Waals surface area contributed by atoms with Gasteiger partial charge >= 0.3 is 5.97 Å². The first-order valence-corrected chi connectivity index (χ1v) is 11.6. The number of piperidine rings is 1. The summed E-state index contributed by atoms with van der Waals surface area (Å²) >= 11 is 0. The highest BCUT2D eigenvalue weighted by Crippen LogP contribution is 2.31. The molecule has 2 heterocycles. The fourth-order valence-electron chi connectivity index (χ4n) is 3.82. The Bertz CT molecular complexity index is 959. The fraction of sp³-hybridized carbons (Fsp3) is 0.476. The monoisotopic (exact) mass is 448 g/mol. The van der Waals surface area contributed by atoms with Gasteiger partial charge in [0, 0.05) is 18.6 Å². The SMILES string of the molecule is O=C(O)CCCCCCCS(=O)c1cccc2c1C(=O)N(C1CCC(=O)NC1=O)C2=O. The highest BCUT2D eigenvalue weighted by molar-refractivity contribution is 7.85. The molecule has 9 nitrogen and oxygen atoms in total. The van der Waals surface area contributed by atoms with Crippen LogP contribution in [0.4, 0.5) is 0 Å². The molecule has 2 aliphatic heterocycles. The molecule has 0 saturated carbocycles. The molecule has 2 atom stereocenters. The number of benzene rings is 1. The number of amides is 4. The van der Waals surface area contributed by atoms with Gasteiger partial charge in [-0.05, 0) is 31.4 Å². The normalized spacial score (nSPS) is 19.4. The summed E-state index contributed by atoms with van der Waals surface area (Å²) in [6, 6.07) is 3.54. The summed E-state index contributed by atoms with van der Waals surface area (Å²) in [7, 11) is -1.50.